The summed E-state index contributed by atoms with van der Waals surface area (Å²) in [6.45, 7) is 2.94. The lowest BCUT2D eigenvalue weighted by Crippen LogP contribution is -2.59. The van der Waals surface area contributed by atoms with Crippen LogP contribution in [-0.2, 0) is 6.54 Å². The highest BCUT2D eigenvalue weighted by atomic mass is 79.9. The van der Waals surface area contributed by atoms with Crippen molar-refractivity contribution in [3.8, 4) is 11.5 Å². The zero-order chi connectivity index (χ0) is 23.1. The molecule has 3 aliphatic heterocycles. The number of hydrogen-bond donors (Lipinski definition) is 0. The third-order valence-corrected chi connectivity index (χ3v) is 7.76. The molecular weight excluding hydrogens is 490 g/mol. The predicted molar refractivity (Wildman–Crippen MR) is 137 cm³/mol. The summed E-state index contributed by atoms with van der Waals surface area (Å²) in [6, 6.07) is 25.5. The maximum Gasteiger partial charge on any atom is 0.200 e. The van der Waals surface area contributed by atoms with E-state index < -0.39 is 5.72 Å². The van der Waals surface area contributed by atoms with Gasteiger partial charge in [0.05, 0.1) is 18.9 Å². The van der Waals surface area contributed by atoms with Crippen LogP contribution in [0.25, 0.3) is 0 Å². The highest BCUT2D eigenvalue weighted by Crippen LogP contribution is 2.50. The molecule has 0 radical (unpaired) electrons. The van der Waals surface area contributed by atoms with Gasteiger partial charge in [-0.1, -0.05) is 46.3 Å². The topological polar surface area (TPSA) is 37.3 Å². The number of hydrazone groups is 1. The second kappa shape index (κ2) is 8.75. The molecule has 3 aromatic rings. The maximum atomic E-state index is 6.80. The van der Waals surface area contributed by atoms with E-state index in [-0.39, 0.29) is 6.04 Å². The molecule has 1 atom stereocenters. The molecule has 0 N–H and O–H groups in total. The van der Waals surface area contributed by atoms with E-state index in [4.69, 9.17) is 14.6 Å². The molecule has 5 nitrogen and oxygen atoms in total. The summed E-state index contributed by atoms with van der Waals surface area (Å²) in [5.74, 6) is 1.85. The number of benzene rings is 3. The quantitative estimate of drug-likeness (QED) is 0.425. The van der Waals surface area contributed by atoms with Crippen LogP contribution in [0.15, 0.2) is 82.4 Å². The fraction of sp³-hybridized carbons (Fsp3) is 0.321. The van der Waals surface area contributed by atoms with Crippen molar-refractivity contribution in [3.63, 3.8) is 0 Å². The molecule has 3 aromatic carbocycles. The average Bonchev–Trinajstić information content (AvgIpc) is 3.34. The Bertz CT molecular complexity index is 1200. The normalized spacial score (nSPS) is 20.9. The van der Waals surface area contributed by atoms with Crippen molar-refractivity contribution in [1.29, 1.82) is 0 Å². The molecule has 0 aliphatic carbocycles. The molecular formula is C28H28BrN3O2. The van der Waals surface area contributed by atoms with Crippen molar-refractivity contribution >= 4 is 21.6 Å². The van der Waals surface area contributed by atoms with Gasteiger partial charge in [-0.2, -0.15) is 5.10 Å². The standard InChI is InChI=1S/C28H28BrN3O2/c1-33-23-10-7-21(8-11-23)25-18-26-24-17-22(29)9-12-27(24)34-28(32(26)30-25)13-15-31(16-14-28)19-20-5-3-2-4-6-20/h2-12,17,26H,13-16,18-19H2,1H3/t26-/m1/s1. The van der Waals surface area contributed by atoms with E-state index in [1.165, 1.54) is 11.1 Å². The van der Waals surface area contributed by atoms with Crippen LogP contribution in [-0.4, -0.2) is 41.5 Å². The third kappa shape index (κ3) is 3.89. The first kappa shape index (κ1) is 21.7. The van der Waals surface area contributed by atoms with E-state index in [9.17, 15) is 0 Å². The molecule has 34 heavy (non-hydrogen) atoms. The summed E-state index contributed by atoms with van der Waals surface area (Å²) in [7, 11) is 1.70. The Kier molecular flexibility index (Phi) is 5.58. The molecule has 1 fully saturated rings. The van der Waals surface area contributed by atoms with Crippen molar-refractivity contribution < 1.29 is 9.47 Å². The van der Waals surface area contributed by atoms with Gasteiger partial charge in [0.2, 0.25) is 5.72 Å². The molecule has 1 spiro atoms. The van der Waals surface area contributed by atoms with Crippen molar-refractivity contribution in [3.05, 3.63) is 94.0 Å². The number of ether oxygens (including phenoxy) is 2. The molecule has 0 unspecified atom stereocenters. The van der Waals surface area contributed by atoms with E-state index in [0.29, 0.717) is 0 Å². The van der Waals surface area contributed by atoms with Crippen LogP contribution in [0, 0.1) is 0 Å². The highest BCUT2D eigenvalue weighted by molar-refractivity contribution is 9.10. The van der Waals surface area contributed by atoms with Gasteiger partial charge in [0.25, 0.3) is 0 Å². The fourth-order valence-electron chi connectivity index (χ4n) is 5.44. The van der Waals surface area contributed by atoms with Gasteiger partial charge in [-0.05, 0) is 53.6 Å². The van der Waals surface area contributed by atoms with Gasteiger partial charge in [-0.15, -0.1) is 0 Å². The van der Waals surface area contributed by atoms with Crippen molar-refractivity contribution in [2.75, 3.05) is 20.2 Å². The Hall–Kier alpha value is -2.83. The van der Waals surface area contributed by atoms with Crippen LogP contribution in [0.3, 0.4) is 0 Å². The van der Waals surface area contributed by atoms with Gasteiger partial charge in [0, 0.05) is 48.9 Å². The molecule has 0 amide bonds. The van der Waals surface area contributed by atoms with Crippen LogP contribution in [0.5, 0.6) is 11.5 Å². The lowest BCUT2D eigenvalue weighted by Gasteiger charge is -2.51. The molecule has 174 valence electrons. The van der Waals surface area contributed by atoms with Gasteiger partial charge >= 0.3 is 0 Å². The summed E-state index contributed by atoms with van der Waals surface area (Å²) >= 11 is 3.66. The highest BCUT2D eigenvalue weighted by Gasteiger charge is 2.51. The van der Waals surface area contributed by atoms with E-state index in [1.807, 2.05) is 12.1 Å². The minimum atomic E-state index is -0.410. The summed E-state index contributed by atoms with van der Waals surface area (Å²) in [4.78, 5) is 2.53. The number of likely N-dealkylation sites (tertiary alicyclic amines) is 1. The molecule has 6 heteroatoms. The van der Waals surface area contributed by atoms with Crippen molar-refractivity contribution in [2.24, 2.45) is 5.10 Å². The van der Waals surface area contributed by atoms with Gasteiger partial charge in [-0.25, -0.2) is 5.01 Å². The first-order valence-electron chi connectivity index (χ1n) is 11.9. The summed E-state index contributed by atoms with van der Waals surface area (Å²) in [5.41, 5.74) is 4.40. The largest absolute Gasteiger partial charge is 0.497 e. The molecule has 0 bridgehead atoms. The Labute approximate surface area is 209 Å². The summed E-state index contributed by atoms with van der Waals surface area (Å²) in [6.07, 6.45) is 2.71. The van der Waals surface area contributed by atoms with E-state index in [2.05, 4.69) is 86.5 Å². The number of piperidine rings is 1. The fourth-order valence-corrected chi connectivity index (χ4v) is 5.82. The van der Waals surface area contributed by atoms with Crippen LogP contribution < -0.4 is 9.47 Å². The molecule has 3 heterocycles. The smallest absolute Gasteiger partial charge is 0.200 e. The van der Waals surface area contributed by atoms with Gasteiger partial charge < -0.3 is 9.47 Å². The SMILES string of the molecule is COc1ccc(C2=NN3[C@H](C2)c2cc(Br)ccc2OC32CCN(Cc3ccccc3)CC2)cc1. The third-order valence-electron chi connectivity index (χ3n) is 7.27. The Balaban J connectivity index is 1.30. The number of hydrogen-bond acceptors (Lipinski definition) is 5. The molecule has 3 aliphatic rings. The van der Waals surface area contributed by atoms with E-state index in [0.717, 1.165) is 66.1 Å². The van der Waals surface area contributed by atoms with E-state index in [1.54, 1.807) is 7.11 Å². The Morgan fingerprint density at radius 3 is 2.53 bits per heavy atom. The summed E-state index contributed by atoms with van der Waals surface area (Å²) < 4.78 is 13.2. The predicted octanol–water partition coefficient (Wildman–Crippen LogP) is 5.99. The minimum Gasteiger partial charge on any atom is -0.497 e. The number of halogens is 1. The monoisotopic (exact) mass is 517 g/mol. The van der Waals surface area contributed by atoms with Gasteiger partial charge in [0.1, 0.15) is 11.5 Å². The van der Waals surface area contributed by atoms with Gasteiger partial charge in [-0.3, -0.25) is 4.90 Å². The summed E-state index contributed by atoms with van der Waals surface area (Å²) in [5, 5.41) is 7.48. The second-order valence-corrected chi connectivity index (χ2v) is 10.2. The second-order valence-electron chi connectivity index (χ2n) is 9.33. The molecule has 0 aromatic heterocycles. The van der Waals surface area contributed by atoms with Gasteiger partial charge in [0.15, 0.2) is 0 Å². The zero-order valence-electron chi connectivity index (χ0n) is 19.3. The molecule has 0 saturated carbocycles. The van der Waals surface area contributed by atoms with Crippen LogP contribution >= 0.6 is 15.9 Å². The first-order valence-corrected chi connectivity index (χ1v) is 12.7. The van der Waals surface area contributed by atoms with Crippen LogP contribution in [0.2, 0.25) is 0 Å². The first-order chi connectivity index (χ1) is 16.6. The van der Waals surface area contributed by atoms with Crippen LogP contribution in [0.4, 0.5) is 0 Å². The number of fused-ring (bicyclic) bond motifs is 4. The number of rotatable bonds is 4. The number of methoxy groups -OCH3 is 1. The average molecular weight is 518 g/mol. The van der Waals surface area contributed by atoms with Crippen LogP contribution in [0.1, 0.15) is 42.0 Å². The van der Waals surface area contributed by atoms with Crippen molar-refractivity contribution in [1.82, 2.24) is 9.91 Å². The van der Waals surface area contributed by atoms with Crippen molar-refractivity contribution in [2.45, 2.75) is 37.6 Å². The Morgan fingerprint density at radius 1 is 1.03 bits per heavy atom. The van der Waals surface area contributed by atoms with E-state index >= 15 is 0 Å². The maximum absolute atomic E-state index is 6.80. The Morgan fingerprint density at radius 2 is 1.79 bits per heavy atom. The minimum absolute atomic E-state index is 0.180. The molecule has 1 saturated heterocycles. The lowest BCUT2D eigenvalue weighted by molar-refractivity contribution is -0.150. The lowest BCUT2D eigenvalue weighted by atomic mass is 9.90. The number of nitrogens with zero attached hydrogens (tertiary/aromatic N) is 3. The zero-order valence-corrected chi connectivity index (χ0v) is 20.9. The molecule has 6 rings (SSSR count).